The molecule has 0 aliphatic heterocycles. The lowest BCUT2D eigenvalue weighted by atomic mass is 10.0. The van der Waals surface area contributed by atoms with Crippen molar-refractivity contribution in [3.63, 3.8) is 0 Å². The zero-order chi connectivity index (χ0) is 27.4. The van der Waals surface area contributed by atoms with Crippen LogP contribution < -0.4 is 4.90 Å². The number of nitrogens with zero attached hydrogens (tertiary/aromatic N) is 2. The lowest BCUT2D eigenvalue weighted by molar-refractivity contribution is 1.28. The van der Waals surface area contributed by atoms with Crippen LogP contribution in [-0.2, 0) is 0 Å². The molecule has 2 heteroatoms. The third kappa shape index (κ3) is 5.11. The Morgan fingerprint density at radius 3 is 1.24 bits per heavy atom. The average Bonchev–Trinajstić information content (AvgIpc) is 3.06. The highest BCUT2D eigenvalue weighted by atomic mass is 15.1. The van der Waals surface area contributed by atoms with E-state index in [1.54, 1.807) is 0 Å². The van der Waals surface area contributed by atoms with E-state index in [9.17, 15) is 0 Å². The van der Waals surface area contributed by atoms with Crippen molar-refractivity contribution >= 4 is 28.0 Å². The molecule has 0 unspecified atom stereocenters. The van der Waals surface area contributed by atoms with Crippen LogP contribution in [0.4, 0.5) is 17.1 Å². The number of hydrogen-bond acceptors (Lipinski definition) is 2. The Morgan fingerprint density at radius 1 is 0.341 bits per heavy atom. The van der Waals surface area contributed by atoms with E-state index in [-0.39, 0.29) is 0 Å². The number of hydrogen-bond donors (Lipinski definition) is 0. The first kappa shape index (κ1) is 24.6. The van der Waals surface area contributed by atoms with Gasteiger partial charge in [0, 0.05) is 28.6 Å². The molecule has 7 aromatic rings. The minimum atomic E-state index is 1.01. The number of pyridine rings is 1. The van der Waals surface area contributed by atoms with E-state index in [1.165, 1.54) is 33.4 Å². The Morgan fingerprint density at radius 2 is 0.756 bits per heavy atom. The third-order valence-electron chi connectivity index (χ3n) is 7.53. The van der Waals surface area contributed by atoms with E-state index in [2.05, 4.69) is 168 Å². The molecule has 41 heavy (non-hydrogen) atoms. The summed E-state index contributed by atoms with van der Waals surface area (Å²) < 4.78 is 0. The highest BCUT2D eigenvalue weighted by molar-refractivity contribution is 5.85. The van der Waals surface area contributed by atoms with Gasteiger partial charge in [-0.1, -0.05) is 109 Å². The molecule has 6 aromatic carbocycles. The highest BCUT2D eigenvalue weighted by Crippen LogP contribution is 2.37. The van der Waals surface area contributed by atoms with Crippen molar-refractivity contribution in [2.45, 2.75) is 0 Å². The number of anilines is 3. The van der Waals surface area contributed by atoms with Crippen LogP contribution in [0, 0.1) is 0 Å². The molecular formula is C39H28N2. The molecule has 0 fully saturated rings. The first-order valence-electron chi connectivity index (χ1n) is 13.9. The smallest absolute Gasteiger partial charge is 0.0702 e. The van der Waals surface area contributed by atoms with Crippen LogP contribution in [0.3, 0.4) is 0 Å². The predicted octanol–water partition coefficient (Wildman–Crippen LogP) is 10.7. The fourth-order valence-electron chi connectivity index (χ4n) is 5.37. The third-order valence-corrected chi connectivity index (χ3v) is 7.53. The predicted molar refractivity (Wildman–Crippen MR) is 173 cm³/mol. The average molecular weight is 525 g/mol. The van der Waals surface area contributed by atoms with E-state index < -0.39 is 0 Å². The van der Waals surface area contributed by atoms with Gasteiger partial charge >= 0.3 is 0 Å². The van der Waals surface area contributed by atoms with Crippen LogP contribution in [-0.4, -0.2) is 4.98 Å². The molecule has 1 heterocycles. The van der Waals surface area contributed by atoms with Crippen LogP contribution in [0.15, 0.2) is 170 Å². The van der Waals surface area contributed by atoms with Gasteiger partial charge < -0.3 is 4.90 Å². The van der Waals surface area contributed by atoms with Gasteiger partial charge in [-0.25, -0.2) is 0 Å². The monoisotopic (exact) mass is 524 g/mol. The molecule has 0 spiro atoms. The summed E-state index contributed by atoms with van der Waals surface area (Å²) in [6.45, 7) is 0. The molecule has 0 aliphatic carbocycles. The number of fused-ring (bicyclic) bond motifs is 1. The minimum Gasteiger partial charge on any atom is -0.311 e. The van der Waals surface area contributed by atoms with E-state index in [4.69, 9.17) is 0 Å². The maximum absolute atomic E-state index is 4.46. The van der Waals surface area contributed by atoms with Crippen LogP contribution in [0.1, 0.15) is 0 Å². The Kier molecular flexibility index (Phi) is 6.56. The topological polar surface area (TPSA) is 16.1 Å². The first-order valence-corrected chi connectivity index (χ1v) is 13.9. The second-order valence-electron chi connectivity index (χ2n) is 10.1. The summed E-state index contributed by atoms with van der Waals surface area (Å²) in [5.41, 5.74) is 11.5. The first-order chi connectivity index (χ1) is 20.3. The summed E-state index contributed by atoms with van der Waals surface area (Å²) in [6.07, 6.45) is 1.84. The van der Waals surface area contributed by atoms with Gasteiger partial charge in [0.1, 0.15) is 0 Å². The molecule has 2 nitrogen and oxygen atoms in total. The summed E-state index contributed by atoms with van der Waals surface area (Å²) >= 11 is 0. The summed E-state index contributed by atoms with van der Waals surface area (Å²) in [4.78, 5) is 6.78. The van der Waals surface area contributed by atoms with E-state index >= 15 is 0 Å². The van der Waals surface area contributed by atoms with Crippen molar-refractivity contribution in [1.82, 2.24) is 4.98 Å². The molecular weight excluding hydrogens is 496 g/mol. The van der Waals surface area contributed by atoms with Crippen molar-refractivity contribution < 1.29 is 0 Å². The molecule has 1 aromatic heterocycles. The molecule has 0 amide bonds. The molecule has 0 saturated heterocycles. The highest BCUT2D eigenvalue weighted by Gasteiger charge is 2.14. The number of rotatable bonds is 6. The second kappa shape index (κ2) is 11.0. The van der Waals surface area contributed by atoms with Crippen LogP contribution in [0.5, 0.6) is 0 Å². The Labute approximate surface area is 240 Å². The van der Waals surface area contributed by atoms with Gasteiger partial charge in [-0.05, 0) is 88.0 Å². The molecule has 0 bridgehead atoms. The van der Waals surface area contributed by atoms with Crippen LogP contribution in [0.25, 0.3) is 44.3 Å². The number of aromatic nitrogens is 1. The van der Waals surface area contributed by atoms with Gasteiger partial charge in [0.15, 0.2) is 0 Å². The van der Waals surface area contributed by atoms with Crippen LogP contribution in [0.2, 0.25) is 0 Å². The maximum Gasteiger partial charge on any atom is 0.0702 e. The molecule has 0 saturated carbocycles. The van der Waals surface area contributed by atoms with Crippen molar-refractivity contribution in [3.05, 3.63) is 170 Å². The zero-order valence-electron chi connectivity index (χ0n) is 22.6. The molecule has 7 rings (SSSR count). The molecule has 0 radical (unpaired) electrons. The van der Waals surface area contributed by atoms with Gasteiger partial charge in [-0.15, -0.1) is 0 Å². The van der Waals surface area contributed by atoms with Gasteiger partial charge in [0.05, 0.1) is 5.52 Å². The van der Waals surface area contributed by atoms with Gasteiger partial charge in [-0.3, -0.25) is 4.98 Å². The lowest BCUT2D eigenvalue weighted by Gasteiger charge is -2.26. The molecule has 0 atom stereocenters. The summed E-state index contributed by atoms with van der Waals surface area (Å²) in [6, 6.07) is 58.0. The molecule has 194 valence electrons. The zero-order valence-corrected chi connectivity index (χ0v) is 22.6. The van der Waals surface area contributed by atoms with E-state index in [1.807, 2.05) is 12.3 Å². The van der Waals surface area contributed by atoms with Crippen molar-refractivity contribution in [2.24, 2.45) is 0 Å². The molecule has 0 aliphatic rings. The quantitative estimate of drug-likeness (QED) is 0.215. The largest absolute Gasteiger partial charge is 0.311 e. The fraction of sp³-hybridized carbons (Fsp3) is 0. The normalized spacial score (nSPS) is 10.9. The minimum absolute atomic E-state index is 1.01. The maximum atomic E-state index is 4.46. The fourth-order valence-corrected chi connectivity index (χ4v) is 5.37. The Balaban J connectivity index is 1.26. The summed E-state index contributed by atoms with van der Waals surface area (Å²) in [5.74, 6) is 0. The van der Waals surface area contributed by atoms with Crippen molar-refractivity contribution in [2.75, 3.05) is 4.90 Å². The van der Waals surface area contributed by atoms with Crippen molar-refractivity contribution in [1.29, 1.82) is 0 Å². The van der Waals surface area contributed by atoms with Crippen LogP contribution >= 0.6 is 0 Å². The molecule has 0 N–H and O–H groups in total. The summed E-state index contributed by atoms with van der Waals surface area (Å²) in [5, 5.41) is 1.15. The van der Waals surface area contributed by atoms with E-state index in [0.29, 0.717) is 0 Å². The van der Waals surface area contributed by atoms with Gasteiger partial charge in [0.25, 0.3) is 0 Å². The Bertz CT molecular complexity index is 1810. The SMILES string of the molecule is c1ccc(-c2ccc(N(c3ccc(-c4ccccc4)cc3)c3ccc(-c4ccc5ncccc5c4)cc3)cc2)cc1. The standard InChI is InChI=1S/C39H28N2/c1-3-8-29(9-4-1)31-13-20-36(21-14-31)41(37-22-15-32(16-23-37)30-10-5-2-6-11-30)38-24-17-33(18-25-38)34-19-26-39-35(28-34)12-7-27-40-39/h1-28H. The second-order valence-corrected chi connectivity index (χ2v) is 10.1. The Hall–Kier alpha value is -5.47. The van der Waals surface area contributed by atoms with Crippen molar-refractivity contribution in [3.8, 4) is 33.4 Å². The van der Waals surface area contributed by atoms with Gasteiger partial charge in [0.2, 0.25) is 0 Å². The van der Waals surface area contributed by atoms with Gasteiger partial charge in [-0.2, -0.15) is 0 Å². The van der Waals surface area contributed by atoms with E-state index in [0.717, 1.165) is 28.0 Å². The number of benzene rings is 6. The lowest BCUT2D eigenvalue weighted by Crippen LogP contribution is -2.09. The summed E-state index contributed by atoms with van der Waals surface area (Å²) in [7, 11) is 0.